The summed E-state index contributed by atoms with van der Waals surface area (Å²) in [6.07, 6.45) is -0.0862. The Hall–Kier alpha value is -2.04. The summed E-state index contributed by atoms with van der Waals surface area (Å²) in [5.41, 5.74) is 1.12. The number of halogens is 2. The molecule has 0 unspecified atom stereocenters. The predicted molar refractivity (Wildman–Crippen MR) is 86.2 cm³/mol. The van der Waals surface area contributed by atoms with E-state index in [2.05, 4.69) is 5.32 Å². The minimum absolute atomic E-state index is 0.0862. The average Bonchev–Trinajstić information content (AvgIpc) is 2.50. The Morgan fingerprint density at radius 3 is 2.23 bits per heavy atom. The molecule has 1 amide bonds. The number of nitrogens with one attached hydrogen (secondary N) is 1. The zero-order chi connectivity index (χ0) is 15.9. The van der Waals surface area contributed by atoms with Gasteiger partial charge >= 0.3 is 5.97 Å². The standard InChI is InChI=1S/C16H13Cl2NO3/c17-13-7-4-8-14(18)12(13)9-16(21)22-10-15(20)19-11-5-2-1-3-6-11/h1-8H,9-10H2,(H,19,20). The molecule has 22 heavy (non-hydrogen) atoms. The van der Waals surface area contributed by atoms with Crippen LogP contribution in [0.4, 0.5) is 5.69 Å². The van der Waals surface area contributed by atoms with Gasteiger partial charge in [-0.3, -0.25) is 9.59 Å². The summed E-state index contributed by atoms with van der Waals surface area (Å²) in [5, 5.41) is 3.39. The second kappa shape index (κ2) is 7.82. The number of hydrogen-bond acceptors (Lipinski definition) is 3. The molecule has 1 N–H and O–H groups in total. The van der Waals surface area contributed by atoms with E-state index in [9.17, 15) is 9.59 Å². The zero-order valence-corrected chi connectivity index (χ0v) is 13.0. The van der Waals surface area contributed by atoms with Crippen molar-refractivity contribution in [1.29, 1.82) is 0 Å². The van der Waals surface area contributed by atoms with Crippen LogP contribution in [0.25, 0.3) is 0 Å². The number of amides is 1. The number of ether oxygens (including phenoxy) is 1. The van der Waals surface area contributed by atoms with Gasteiger partial charge in [-0.2, -0.15) is 0 Å². The third-order valence-corrected chi connectivity index (χ3v) is 3.51. The highest BCUT2D eigenvalue weighted by Gasteiger charge is 2.13. The van der Waals surface area contributed by atoms with E-state index in [1.165, 1.54) is 0 Å². The van der Waals surface area contributed by atoms with Gasteiger partial charge in [0, 0.05) is 21.3 Å². The Morgan fingerprint density at radius 2 is 1.59 bits per heavy atom. The quantitative estimate of drug-likeness (QED) is 0.846. The number of hydrogen-bond donors (Lipinski definition) is 1. The summed E-state index contributed by atoms with van der Waals surface area (Å²) in [5.74, 6) is -0.983. The highest BCUT2D eigenvalue weighted by Crippen LogP contribution is 2.24. The maximum absolute atomic E-state index is 11.8. The first-order valence-electron chi connectivity index (χ1n) is 6.49. The van der Waals surface area contributed by atoms with Gasteiger partial charge in [0.05, 0.1) is 6.42 Å². The normalized spacial score (nSPS) is 10.1. The smallest absolute Gasteiger partial charge is 0.310 e. The fourth-order valence-corrected chi connectivity index (χ4v) is 2.29. The van der Waals surface area contributed by atoms with Crippen LogP contribution in [0.1, 0.15) is 5.56 Å². The van der Waals surface area contributed by atoms with Crippen molar-refractivity contribution in [3.05, 3.63) is 64.1 Å². The van der Waals surface area contributed by atoms with Crippen LogP contribution >= 0.6 is 23.2 Å². The summed E-state index contributed by atoms with van der Waals surface area (Å²) in [4.78, 5) is 23.4. The molecule has 0 aliphatic rings. The third-order valence-electron chi connectivity index (χ3n) is 2.80. The predicted octanol–water partition coefficient (Wildman–Crippen LogP) is 3.72. The highest BCUT2D eigenvalue weighted by molar-refractivity contribution is 6.36. The van der Waals surface area contributed by atoms with E-state index >= 15 is 0 Å². The van der Waals surface area contributed by atoms with Crippen LogP contribution in [-0.4, -0.2) is 18.5 Å². The van der Waals surface area contributed by atoms with Crippen molar-refractivity contribution in [2.75, 3.05) is 11.9 Å². The summed E-state index contributed by atoms with van der Waals surface area (Å²) in [6.45, 7) is -0.365. The minimum Gasteiger partial charge on any atom is -0.455 e. The molecule has 0 fully saturated rings. The first-order valence-corrected chi connectivity index (χ1v) is 7.25. The van der Waals surface area contributed by atoms with E-state index < -0.39 is 11.9 Å². The molecule has 0 aliphatic heterocycles. The van der Waals surface area contributed by atoms with Crippen LogP contribution < -0.4 is 5.32 Å². The second-order valence-electron chi connectivity index (χ2n) is 4.45. The molecule has 0 aromatic heterocycles. The van der Waals surface area contributed by atoms with Gasteiger partial charge in [0.1, 0.15) is 0 Å². The van der Waals surface area contributed by atoms with E-state index in [0.717, 1.165) is 0 Å². The molecule has 0 spiro atoms. The van der Waals surface area contributed by atoms with Crippen LogP contribution in [-0.2, 0) is 20.7 Å². The number of para-hydroxylation sites is 1. The lowest BCUT2D eigenvalue weighted by molar-refractivity contribution is -0.146. The number of anilines is 1. The van der Waals surface area contributed by atoms with Crippen molar-refractivity contribution < 1.29 is 14.3 Å². The topological polar surface area (TPSA) is 55.4 Å². The molecular weight excluding hydrogens is 325 g/mol. The Morgan fingerprint density at radius 1 is 0.955 bits per heavy atom. The van der Waals surface area contributed by atoms with Crippen molar-refractivity contribution in [1.82, 2.24) is 0 Å². The van der Waals surface area contributed by atoms with Crippen LogP contribution in [0.3, 0.4) is 0 Å². The van der Waals surface area contributed by atoms with Crippen LogP contribution in [0, 0.1) is 0 Å². The van der Waals surface area contributed by atoms with Crippen LogP contribution in [0.5, 0.6) is 0 Å². The summed E-state index contributed by atoms with van der Waals surface area (Å²) in [6, 6.07) is 13.9. The van der Waals surface area contributed by atoms with Gasteiger partial charge in [0.2, 0.25) is 0 Å². The first-order chi connectivity index (χ1) is 10.6. The molecule has 2 aromatic carbocycles. The molecule has 0 saturated carbocycles. The highest BCUT2D eigenvalue weighted by atomic mass is 35.5. The molecule has 2 rings (SSSR count). The Balaban J connectivity index is 1.84. The van der Waals surface area contributed by atoms with E-state index in [1.807, 2.05) is 6.07 Å². The van der Waals surface area contributed by atoms with Gasteiger partial charge in [-0.25, -0.2) is 0 Å². The molecule has 0 bridgehead atoms. The lowest BCUT2D eigenvalue weighted by Gasteiger charge is -2.08. The lowest BCUT2D eigenvalue weighted by atomic mass is 10.1. The zero-order valence-electron chi connectivity index (χ0n) is 11.5. The van der Waals surface area contributed by atoms with Gasteiger partial charge in [0.15, 0.2) is 6.61 Å². The maximum Gasteiger partial charge on any atom is 0.310 e. The fraction of sp³-hybridized carbons (Fsp3) is 0.125. The molecular formula is C16H13Cl2NO3. The van der Waals surface area contributed by atoms with Crippen molar-refractivity contribution in [3.63, 3.8) is 0 Å². The molecule has 0 saturated heterocycles. The molecule has 6 heteroatoms. The molecule has 0 radical (unpaired) electrons. The van der Waals surface area contributed by atoms with Gasteiger partial charge in [-0.05, 0) is 24.3 Å². The largest absolute Gasteiger partial charge is 0.455 e. The lowest BCUT2D eigenvalue weighted by Crippen LogP contribution is -2.21. The Kier molecular flexibility index (Phi) is 5.81. The Bertz CT molecular complexity index is 654. The maximum atomic E-state index is 11.8. The third kappa shape index (κ3) is 4.76. The minimum atomic E-state index is -0.571. The molecule has 0 atom stereocenters. The van der Waals surface area contributed by atoms with Gasteiger partial charge in [-0.15, -0.1) is 0 Å². The van der Waals surface area contributed by atoms with E-state index in [-0.39, 0.29) is 13.0 Å². The number of esters is 1. The monoisotopic (exact) mass is 337 g/mol. The van der Waals surface area contributed by atoms with Crippen molar-refractivity contribution in [3.8, 4) is 0 Å². The van der Waals surface area contributed by atoms with E-state index in [1.54, 1.807) is 42.5 Å². The molecule has 4 nitrogen and oxygen atoms in total. The molecule has 114 valence electrons. The number of benzene rings is 2. The first kappa shape index (κ1) is 16.3. The summed E-state index contributed by atoms with van der Waals surface area (Å²) >= 11 is 11.9. The molecule has 0 heterocycles. The molecule has 0 aliphatic carbocycles. The van der Waals surface area contributed by atoms with Gasteiger partial charge in [-0.1, -0.05) is 47.5 Å². The SMILES string of the molecule is O=C(COC(=O)Cc1c(Cl)cccc1Cl)Nc1ccccc1. The van der Waals surface area contributed by atoms with Crippen LogP contribution in [0.2, 0.25) is 10.0 Å². The molecule has 2 aromatic rings. The van der Waals surface area contributed by atoms with Crippen LogP contribution in [0.15, 0.2) is 48.5 Å². The summed E-state index contributed by atoms with van der Waals surface area (Å²) < 4.78 is 4.92. The Labute approximate surface area is 138 Å². The van der Waals surface area contributed by atoms with E-state index in [0.29, 0.717) is 21.3 Å². The van der Waals surface area contributed by atoms with Gasteiger partial charge < -0.3 is 10.1 Å². The van der Waals surface area contributed by atoms with Gasteiger partial charge in [0.25, 0.3) is 5.91 Å². The second-order valence-corrected chi connectivity index (χ2v) is 5.27. The van der Waals surface area contributed by atoms with Crippen molar-refractivity contribution in [2.24, 2.45) is 0 Å². The number of carbonyl (C=O) groups is 2. The fourth-order valence-electron chi connectivity index (χ4n) is 1.76. The number of rotatable bonds is 5. The summed E-state index contributed by atoms with van der Waals surface area (Å²) in [7, 11) is 0. The van der Waals surface area contributed by atoms with Crippen molar-refractivity contribution in [2.45, 2.75) is 6.42 Å². The van der Waals surface area contributed by atoms with E-state index in [4.69, 9.17) is 27.9 Å². The number of carbonyl (C=O) groups excluding carboxylic acids is 2. The average molecular weight is 338 g/mol. The van der Waals surface area contributed by atoms with Crippen molar-refractivity contribution >= 4 is 40.8 Å².